The van der Waals surface area contributed by atoms with Gasteiger partial charge in [0, 0.05) is 0 Å². The van der Waals surface area contributed by atoms with E-state index < -0.39 is 27.8 Å². The molecule has 1 amide bonds. The van der Waals surface area contributed by atoms with Crippen molar-refractivity contribution < 1.29 is 17.6 Å². The molecule has 152 valence electrons. The van der Waals surface area contributed by atoms with Crippen molar-refractivity contribution in [2.24, 2.45) is 5.92 Å². The molecule has 0 heterocycles. The second kappa shape index (κ2) is 9.19. The highest BCUT2D eigenvalue weighted by Crippen LogP contribution is 2.26. The van der Waals surface area contributed by atoms with Gasteiger partial charge in [-0.3, -0.25) is 9.10 Å². The zero-order valence-electron chi connectivity index (χ0n) is 16.6. The molecule has 0 aliphatic carbocycles. The summed E-state index contributed by atoms with van der Waals surface area (Å²) in [6.07, 6.45) is 1.66. The van der Waals surface area contributed by atoms with Crippen LogP contribution in [-0.2, 0) is 14.8 Å². The number of amides is 1. The first kappa shape index (κ1) is 21.9. The van der Waals surface area contributed by atoms with Crippen molar-refractivity contribution >= 4 is 21.6 Å². The number of nitrogens with one attached hydrogen (secondary N) is 1. The van der Waals surface area contributed by atoms with E-state index in [1.54, 1.807) is 0 Å². The van der Waals surface area contributed by atoms with Gasteiger partial charge in [-0.2, -0.15) is 0 Å². The third kappa shape index (κ3) is 5.55. The Morgan fingerprint density at radius 1 is 1.04 bits per heavy atom. The number of benzene rings is 2. The normalized spacial score (nSPS) is 13.8. The number of sulfonamides is 1. The molecule has 7 heteroatoms. The molecule has 0 aliphatic heterocycles. The maximum Gasteiger partial charge on any atom is 0.244 e. The summed E-state index contributed by atoms with van der Waals surface area (Å²) in [6, 6.07) is 13.7. The average Bonchev–Trinajstić information content (AvgIpc) is 2.62. The molecule has 2 aromatic carbocycles. The maximum atomic E-state index is 14.3. The molecule has 2 atom stereocenters. The van der Waals surface area contributed by atoms with Gasteiger partial charge in [-0.05, 0) is 37.0 Å². The average molecular weight is 407 g/mol. The summed E-state index contributed by atoms with van der Waals surface area (Å²) in [5, 5.41) is 2.94. The molecule has 0 aliphatic rings. The van der Waals surface area contributed by atoms with E-state index in [2.05, 4.69) is 5.32 Å². The number of hydrogen-bond acceptors (Lipinski definition) is 3. The number of anilines is 1. The first-order valence-corrected chi connectivity index (χ1v) is 11.0. The quantitative estimate of drug-likeness (QED) is 0.723. The van der Waals surface area contributed by atoms with Crippen LogP contribution in [0.2, 0.25) is 0 Å². The fourth-order valence-corrected chi connectivity index (χ4v) is 4.31. The number of para-hydroxylation sites is 1. The standard InChI is InChI=1S/C21H27FN2O3S/c1-15(2)14-19(17-10-6-5-7-11-17)23-21(25)16(3)24(28(4,26)27)20-13-9-8-12-18(20)22/h5-13,15-16,19H,14H2,1-4H3,(H,23,25)/t16-,19+/m1/s1. The number of nitrogens with zero attached hydrogens (tertiary/aromatic N) is 1. The Labute approximate surface area is 166 Å². The molecular formula is C21H27FN2O3S. The molecule has 2 rings (SSSR count). The maximum absolute atomic E-state index is 14.3. The molecule has 0 aromatic heterocycles. The molecule has 0 bridgehead atoms. The van der Waals surface area contributed by atoms with Crippen LogP contribution in [0.25, 0.3) is 0 Å². The largest absolute Gasteiger partial charge is 0.347 e. The SMILES string of the molecule is CC(C)C[C@H](NC(=O)[C@@H](C)N(c1ccccc1F)S(C)(=O)=O)c1ccccc1. The molecule has 1 N–H and O–H groups in total. The topological polar surface area (TPSA) is 66.5 Å². The molecule has 0 saturated carbocycles. The highest BCUT2D eigenvalue weighted by atomic mass is 32.2. The van der Waals surface area contributed by atoms with Crippen molar-refractivity contribution in [3.05, 3.63) is 66.0 Å². The Kier molecular flexibility index (Phi) is 7.18. The van der Waals surface area contributed by atoms with E-state index >= 15 is 0 Å². The van der Waals surface area contributed by atoms with Crippen LogP contribution in [0.5, 0.6) is 0 Å². The molecule has 5 nitrogen and oxygen atoms in total. The summed E-state index contributed by atoms with van der Waals surface area (Å²) < 4.78 is 39.8. The van der Waals surface area contributed by atoms with Gasteiger partial charge < -0.3 is 5.32 Å². The summed E-state index contributed by atoms with van der Waals surface area (Å²) in [6.45, 7) is 5.56. The molecule has 2 aromatic rings. The summed E-state index contributed by atoms with van der Waals surface area (Å²) >= 11 is 0. The third-order valence-electron chi connectivity index (χ3n) is 4.40. The first-order chi connectivity index (χ1) is 13.1. The molecule has 0 fully saturated rings. The van der Waals surface area contributed by atoms with Gasteiger partial charge in [0.1, 0.15) is 11.9 Å². The molecule has 0 unspecified atom stereocenters. The van der Waals surface area contributed by atoms with Crippen LogP contribution >= 0.6 is 0 Å². The monoisotopic (exact) mass is 406 g/mol. The second-order valence-electron chi connectivity index (χ2n) is 7.29. The Bertz CT molecular complexity index is 901. The van der Waals surface area contributed by atoms with E-state index in [-0.39, 0.29) is 11.7 Å². The van der Waals surface area contributed by atoms with E-state index in [4.69, 9.17) is 0 Å². The van der Waals surface area contributed by atoms with Gasteiger partial charge in [-0.25, -0.2) is 12.8 Å². The minimum Gasteiger partial charge on any atom is -0.347 e. The number of carbonyl (C=O) groups is 1. The van der Waals surface area contributed by atoms with Crippen molar-refractivity contribution in [3.63, 3.8) is 0 Å². The van der Waals surface area contributed by atoms with E-state index in [1.165, 1.54) is 31.2 Å². The van der Waals surface area contributed by atoms with Crippen molar-refractivity contribution in [1.29, 1.82) is 0 Å². The van der Waals surface area contributed by atoms with Crippen LogP contribution in [0.3, 0.4) is 0 Å². The number of halogens is 1. The molecule has 0 saturated heterocycles. The van der Waals surface area contributed by atoms with E-state index in [9.17, 15) is 17.6 Å². The minimum atomic E-state index is -3.88. The van der Waals surface area contributed by atoms with Crippen LogP contribution in [0.15, 0.2) is 54.6 Å². The van der Waals surface area contributed by atoms with Crippen molar-refractivity contribution in [3.8, 4) is 0 Å². The lowest BCUT2D eigenvalue weighted by molar-refractivity contribution is -0.122. The summed E-state index contributed by atoms with van der Waals surface area (Å²) in [4.78, 5) is 12.9. The fraction of sp³-hybridized carbons (Fsp3) is 0.381. The van der Waals surface area contributed by atoms with Gasteiger partial charge in [-0.15, -0.1) is 0 Å². The highest BCUT2D eigenvalue weighted by molar-refractivity contribution is 7.92. The van der Waals surface area contributed by atoms with Gasteiger partial charge in [-0.1, -0.05) is 56.3 Å². The zero-order valence-corrected chi connectivity index (χ0v) is 17.4. The van der Waals surface area contributed by atoms with Crippen molar-refractivity contribution in [2.75, 3.05) is 10.6 Å². The van der Waals surface area contributed by atoms with E-state index in [0.717, 1.165) is 16.1 Å². The Balaban J connectivity index is 2.32. The lowest BCUT2D eigenvalue weighted by Gasteiger charge is -2.30. The Hall–Kier alpha value is -2.41. The fourth-order valence-electron chi connectivity index (χ4n) is 3.14. The predicted octanol–water partition coefficient (Wildman–Crippen LogP) is 3.88. The van der Waals surface area contributed by atoms with Crippen molar-refractivity contribution in [2.45, 2.75) is 39.3 Å². The third-order valence-corrected chi connectivity index (χ3v) is 5.63. The van der Waals surface area contributed by atoms with Gasteiger partial charge >= 0.3 is 0 Å². The first-order valence-electron chi connectivity index (χ1n) is 9.20. The van der Waals surface area contributed by atoms with Crippen LogP contribution in [-0.4, -0.2) is 26.6 Å². The van der Waals surface area contributed by atoms with Crippen LogP contribution < -0.4 is 9.62 Å². The number of hydrogen-bond donors (Lipinski definition) is 1. The van der Waals surface area contributed by atoms with E-state index in [0.29, 0.717) is 12.3 Å². The van der Waals surface area contributed by atoms with Gasteiger partial charge in [0.15, 0.2) is 0 Å². The summed E-state index contributed by atoms with van der Waals surface area (Å²) in [5.41, 5.74) is 0.793. The van der Waals surface area contributed by atoms with Gasteiger partial charge in [0.05, 0.1) is 18.0 Å². The molecular weight excluding hydrogens is 379 g/mol. The number of rotatable bonds is 8. The van der Waals surface area contributed by atoms with E-state index in [1.807, 2.05) is 44.2 Å². The van der Waals surface area contributed by atoms with Crippen LogP contribution in [0, 0.1) is 11.7 Å². The lowest BCUT2D eigenvalue weighted by atomic mass is 9.96. The van der Waals surface area contributed by atoms with Gasteiger partial charge in [0.2, 0.25) is 15.9 Å². The van der Waals surface area contributed by atoms with Crippen LogP contribution in [0.4, 0.5) is 10.1 Å². The Morgan fingerprint density at radius 3 is 2.14 bits per heavy atom. The minimum absolute atomic E-state index is 0.146. The van der Waals surface area contributed by atoms with Crippen molar-refractivity contribution in [1.82, 2.24) is 5.32 Å². The second-order valence-corrected chi connectivity index (χ2v) is 9.15. The smallest absolute Gasteiger partial charge is 0.244 e. The molecule has 0 spiro atoms. The van der Waals surface area contributed by atoms with Crippen LogP contribution in [0.1, 0.15) is 38.8 Å². The lowest BCUT2D eigenvalue weighted by Crippen LogP contribution is -2.49. The summed E-state index contributed by atoms with van der Waals surface area (Å²) in [5.74, 6) is -0.865. The predicted molar refractivity (Wildman–Crippen MR) is 110 cm³/mol. The summed E-state index contributed by atoms with van der Waals surface area (Å²) in [7, 11) is -3.88. The molecule has 28 heavy (non-hydrogen) atoms. The highest BCUT2D eigenvalue weighted by Gasteiger charge is 2.32. The zero-order chi connectivity index (χ0) is 20.9. The van der Waals surface area contributed by atoms with Gasteiger partial charge in [0.25, 0.3) is 0 Å². The Morgan fingerprint density at radius 2 is 1.61 bits per heavy atom. The molecule has 0 radical (unpaired) electrons. The number of carbonyl (C=O) groups excluding carboxylic acids is 1.